The zero-order valence-corrected chi connectivity index (χ0v) is 9.69. The Bertz CT molecular complexity index is 526. The van der Waals surface area contributed by atoms with Gasteiger partial charge in [-0.1, -0.05) is 19.3 Å². The zero-order valence-electron chi connectivity index (χ0n) is 9.69. The maximum Gasteiger partial charge on any atom is 0.261 e. The minimum absolute atomic E-state index is 0.206. The number of amides is 2. The van der Waals surface area contributed by atoms with Crippen LogP contribution in [0.5, 0.6) is 0 Å². The summed E-state index contributed by atoms with van der Waals surface area (Å²) in [5.41, 5.74) is 1.52. The van der Waals surface area contributed by atoms with Gasteiger partial charge in [0.25, 0.3) is 11.8 Å². The van der Waals surface area contributed by atoms with E-state index in [0.717, 1.165) is 12.8 Å². The Hall–Kier alpha value is -2.08. The van der Waals surface area contributed by atoms with Crippen molar-refractivity contribution in [1.29, 1.82) is 0 Å². The second-order valence-corrected chi connectivity index (χ2v) is 4.02. The summed E-state index contributed by atoms with van der Waals surface area (Å²) in [5.74, 6) is 2.04. The van der Waals surface area contributed by atoms with Crippen LogP contribution in [-0.2, 0) is 0 Å². The molecule has 1 aromatic rings. The number of unbranched alkanes of at least 4 members (excludes halogenated alkanes) is 1. The number of rotatable bonds is 3. The Morgan fingerprint density at radius 3 is 2.59 bits per heavy atom. The fourth-order valence-electron chi connectivity index (χ4n) is 1.90. The highest BCUT2D eigenvalue weighted by molar-refractivity contribution is 6.21. The van der Waals surface area contributed by atoms with Crippen molar-refractivity contribution >= 4 is 11.8 Å². The minimum atomic E-state index is -0.226. The Kier molecular flexibility index (Phi) is 2.97. The van der Waals surface area contributed by atoms with E-state index in [2.05, 4.69) is 5.92 Å². The molecule has 1 heterocycles. The van der Waals surface area contributed by atoms with Gasteiger partial charge in [-0.2, -0.15) is 0 Å². The van der Waals surface area contributed by atoms with Crippen LogP contribution in [0.2, 0.25) is 0 Å². The molecule has 86 valence electrons. The molecule has 1 aromatic carbocycles. The molecule has 1 aliphatic rings. The summed E-state index contributed by atoms with van der Waals surface area (Å²) in [6, 6.07) is 4.94. The highest BCUT2D eigenvalue weighted by atomic mass is 16.2. The van der Waals surface area contributed by atoms with Crippen molar-refractivity contribution in [3.8, 4) is 12.3 Å². The van der Waals surface area contributed by atoms with Gasteiger partial charge in [0.05, 0.1) is 11.1 Å². The zero-order chi connectivity index (χ0) is 12.4. The number of carbonyl (C=O) groups excluding carboxylic acids is 2. The van der Waals surface area contributed by atoms with Crippen molar-refractivity contribution in [2.75, 3.05) is 6.54 Å². The van der Waals surface area contributed by atoms with Crippen molar-refractivity contribution in [2.24, 2.45) is 0 Å². The Balaban J connectivity index is 2.36. The first-order chi connectivity index (χ1) is 8.19. The fourth-order valence-corrected chi connectivity index (χ4v) is 1.90. The topological polar surface area (TPSA) is 37.4 Å². The number of hydrogen-bond donors (Lipinski definition) is 0. The summed E-state index contributed by atoms with van der Waals surface area (Å²) >= 11 is 0. The first-order valence-corrected chi connectivity index (χ1v) is 5.66. The lowest BCUT2D eigenvalue weighted by atomic mass is 10.1. The molecule has 0 bridgehead atoms. The molecule has 0 aliphatic carbocycles. The summed E-state index contributed by atoms with van der Waals surface area (Å²) < 4.78 is 0. The van der Waals surface area contributed by atoms with Crippen LogP contribution in [0.25, 0.3) is 0 Å². The van der Waals surface area contributed by atoms with Crippen molar-refractivity contribution in [3.63, 3.8) is 0 Å². The van der Waals surface area contributed by atoms with E-state index < -0.39 is 0 Å². The Labute approximate surface area is 100 Å². The molecule has 0 aromatic heterocycles. The van der Waals surface area contributed by atoms with Crippen molar-refractivity contribution in [3.05, 3.63) is 34.9 Å². The van der Waals surface area contributed by atoms with E-state index in [1.165, 1.54) is 4.90 Å². The molecule has 0 unspecified atom stereocenters. The first-order valence-electron chi connectivity index (χ1n) is 5.66. The average molecular weight is 227 g/mol. The molecule has 0 N–H and O–H groups in total. The standard InChI is InChI=1S/C14H13NO2/c1-3-5-8-15-13(16)11-7-6-10(4-2)9-12(11)14(15)17/h2,6-7,9H,3,5,8H2,1H3. The molecule has 0 radical (unpaired) electrons. The smallest absolute Gasteiger partial charge is 0.261 e. The van der Waals surface area contributed by atoms with Gasteiger partial charge in [0, 0.05) is 12.1 Å². The Morgan fingerprint density at radius 1 is 1.24 bits per heavy atom. The van der Waals surface area contributed by atoms with E-state index in [-0.39, 0.29) is 11.8 Å². The molecule has 0 saturated carbocycles. The molecular weight excluding hydrogens is 214 g/mol. The lowest BCUT2D eigenvalue weighted by Crippen LogP contribution is -2.30. The van der Waals surface area contributed by atoms with Crippen LogP contribution in [0.3, 0.4) is 0 Å². The number of terminal acetylenes is 1. The van der Waals surface area contributed by atoms with Gasteiger partial charge in [-0.15, -0.1) is 6.42 Å². The van der Waals surface area contributed by atoms with E-state index in [9.17, 15) is 9.59 Å². The maximum atomic E-state index is 12.0. The van der Waals surface area contributed by atoms with Crippen LogP contribution in [-0.4, -0.2) is 23.3 Å². The quantitative estimate of drug-likeness (QED) is 0.585. The van der Waals surface area contributed by atoms with E-state index in [1.54, 1.807) is 18.2 Å². The molecule has 17 heavy (non-hydrogen) atoms. The predicted octanol–water partition coefficient (Wildman–Crippen LogP) is 2.06. The second-order valence-electron chi connectivity index (χ2n) is 4.02. The number of carbonyl (C=O) groups is 2. The van der Waals surface area contributed by atoms with E-state index in [4.69, 9.17) is 6.42 Å². The molecule has 3 heteroatoms. The van der Waals surface area contributed by atoms with Crippen LogP contribution in [0, 0.1) is 12.3 Å². The molecule has 3 nitrogen and oxygen atoms in total. The van der Waals surface area contributed by atoms with Crippen molar-refractivity contribution in [2.45, 2.75) is 19.8 Å². The first kappa shape index (κ1) is 11.4. The highest BCUT2D eigenvalue weighted by Crippen LogP contribution is 2.24. The average Bonchev–Trinajstić information content (AvgIpc) is 2.59. The molecule has 1 aliphatic heterocycles. The molecule has 0 fully saturated rings. The molecule has 0 saturated heterocycles. The Morgan fingerprint density at radius 2 is 1.94 bits per heavy atom. The van der Waals surface area contributed by atoms with E-state index >= 15 is 0 Å². The van der Waals surface area contributed by atoms with Gasteiger partial charge >= 0.3 is 0 Å². The van der Waals surface area contributed by atoms with Crippen LogP contribution < -0.4 is 0 Å². The summed E-state index contributed by atoms with van der Waals surface area (Å²) in [4.78, 5) is 25.3. The van der Waals surface area contributed by atoms with Gasteiger partial charge in [-0.25, -0.2) is 0 Å². The molecule has 0 atom stereocenters. The fraction of sp³-hybridized carbons (Fsp3) is 0.286. The maximum absolute atomic E-state index is 12.0. The molecule has 2 amide bonds. The SMILES string of the molecule is C#Cc1ccc2c(c1)C(=O)N(CCCC)C2=O. The third-order valence-corrected chi connectivity index (χ3v) is 2.87. The number of imide groups is 1. The lowest BCUT2D eigenvalue weighted by molar-refractivity contribution is 0.0652. The van der Waals surface area contributed by atoms with Crippen molar-refractivity contribution in [1.82, 2.24) is 4.90 Å². The minimum Gasteiger partial charge on any atom is -0.274 e. The van der Waals surface area contributed by atoms with Gasteiger partial charge in [-0.05, 0) is 24.6 Å². The number of benzene rings is 1. The summed E-state index contributed by atoms with van der Waals surface area (Å²) in [6.07, 6.45) is 7.05. The highest BCUT2D eigenvalue weighted by Gasteiger charge is 2.34. The number of hydrogen-bond acceptors (Lipinski definition) is 2. The van der Waals surface area contributed by atoms with Crippen LogP contribution in [0.1, 0.15) is 46.0 Å². The molecule has 0 spiro atoms. The largest absolute Gasteiger partial charge is 0.274 e. The van der Waals surface area contributed by atoms with Gasteiger partial charge in [-0.3, -0.25) is 14.5 Å². The summed E-state index contributed by atoms with van der Waals surface area (Å²) in [6.45, 7) is 2.50. The monoisotopic (exact) mass is 227 g/mol. The molecular formula is C14H13NO2. The third kappa shape index (κ3) is 1.83. The third-order valence-electron chi connectivity index (χ3n) is 2.87. The summed E-state index contributed by atoms with van der Waals surface area (Å²) in [5, 5.41) is 0. The van der Waals surface area contributed by atoms with E-state index in [0.29, 0.717) is 23.2 Å². The van der Waals surface area contributed by atoms with Crippen molar-refractivity contribution < 1.29 is 9.59 Å². The van der Waals surface area contributed by atoms with Crippen LogP contribution in [0.15, 0.2) is 18.2 Å². The van der Waals surface area contributed by atoms with Gasteiger partial charge < -0.3 is 0 Å². The summed E-state index contributed by atoms with van der Waals surface area (Å²) in [7, 11) is 0. The second kappa shape index (κ2) is 4.42. The van der Waals surface area contributed by atoms with Crippen LogP contribution in [0.4, 0.5) is 0 Å². The number of nitrogens with zero attached hydrogens (tertiary/aromatic N) is 1. The lowest BCUT2D eigenvalue weighted by Gasteiger charge is -2.12. The number of fused-ring (bicyclic) bond motifs is 1. The molecule has 2 rings (SSSR count). The van der Waals surface area contributed by atoms with Gasteiger partial charge in [0.1, 0.15) is 0 Å². The normalized spacial score (nSPS) is 13.8. The van der Waals surface area contributed by atoms with Gasteiger partial charge in [0.2, 0.25) is 0 Å². The predicted molar refractivity (Wildman–Crippen MR) is 64.7 cm³/mol. The van der Waals surface area contributed by atoms with E-state index in [1.807, 2.05) is 6.92 Å². The van der Waals surface area contributed by atoms with Crippen LogP contribution >= 0.6 is 0 Å². The van der Waals surface area contributed by atoms with Gasteiger partial charge in [0.15, 0.2) is 0 Å².